The van der Waals surface area contributed by atoms with Gasteiger partial charge >= 0.3 is 0 Å². The van der Waals surface area contributed by atoms with Crippen molar-refractivity contribution < 1.29 is 15.3 Å². The van der Waals surface area contributed by atoms with Crippen molar-refractivity contribution >= 4 is 0 Å². The Kier molecular flexibility index (Phi) is 4.81. The van der Waals surface area contributed by atoms with E-state index in [1.165, 1.54) is 25.7 Å². The molecule has 4 nitrogen and oxygen atoms in total. The fraction of sp³-hybridized carbons (Fsp3) is 1.00. The zero-order valence-electron chi connectivity index (χ0n) is 8.76. The van der Waals surface area contributed by atoms with Crippen LogP contribution in [0.4, 0.5) is 0 Å². The van der Waals surface area contributed by atoms with E-state index in [9.17, 15) is 10.2 Å². The van der Waals surface area contributed by atoms with Gasteiger partial charge in [-0.1, -0.05) is 12.8 Å². The van der Waals surface area contributed by atoms with Crippen molar-refractivity contribution in [2.75, 3.05) is 20.2 Å². The summed E-state index contributed by atoms with van der Waals surface area (Å²) in [5, 5.41) is 27.3. The average Bonchev–Trinajstić information content (AvgIpc) is 2.69. The highest BCUT2D eigenvalue weighted by Gasteiger charge is 2.23. The minimum Gasteiger partial charge on any atom is -0.394 e. The monoisotopic (exact) mass is 203 g/mol. The normalized spacial score (nSPS) is 22.9. The molecule has 1 saturated carbocycles. The highest BCUT2D eigenvalue weighted by Crippen LogP contribution is 2.22. The molecule has 0 aromatic carbocycles. The van der Waals surface area contributed by atoms with Gasteiger partial charge in [-0.2, -0.15) is 0 Å². The van der Waals surface area contributed by atoms with Crippen LogP contribution in [0.5, 0.6) is 0 Å². The molecule has 4 heteroatoms. The van der Waals surface area contributed by atoms with Crippen LogP contribution in [0.2, 0.25) is 0 Å². The van der Waals surface area contributed by atoms with E-state index >= 15 is 0 Å². The van der Waals surface area contributed by atoms with Crippen LogP contribution in [0, 0.1) is 0 Å². The molecule has 1 fully saturated rings. The Hall–Kier alpha value is -0.160. The summed E-state index contributed by atoms with van der Waals surface area (Å²) in [6.07, 6.45) is 3.02. The van der Waals surface area contributed by atoms with Crippen LogP contribution >= 0.6 is 0 Å². The summed E-state index contributed by atoms with van der Waals surface area (Å²) >= 11 is 0. The molecule has 1 aliphatic carbocycles. The molecular formula is C10H21NO3. The number of aliphatic hydroxyl groups excluding tert-OH is 3. The summed E-state index contributed by atoms with van der Waals surface area (Å²) in [6.45, 7) is 0.0616. The molecule has 0 bridgehead atoms. The molecule has 0 aliphatic heterocycles. The second-order valence-electron chi connectivity index (χ2n) is 4.20. The molecule has 0 amide bonds. The van der Waals surface area contributed by atoms with Crippen molar-refractivity contribution in [2.24, 2.45) is 0 Å². The summed E-state index contributed by atoms with van der Waals surface area (Å²) < 4.78 is 0. The molecular weight excluding hydrogens is 182 g/mol. The molecule has 0 aromatic rings. The summed E-state index contributed by atoms with van der Waals surface area (Å²) in [7, 11) is 1.96. The molecule has 14 heavy (non-hydrogen) atoms. The lowest BCUT2D eigenvalue weighted by atomic mass is 10.1. The van der Waals surface area contributed by atoms with Crippen LogP contribution in [-0.2, 0) is 0 Å². The molecule has 0 spiro atoms. The van der Waals surface area contributed by atoms with Crippen LogP contribution in [0.25, 0.3) is 0 Å². The number of likely N-dealkylation sites (N-methyl/N-ethyl adjacent to an activating group) is 1. The fourth-order valence-corrected chi connectivity index (χ4v) is 2.03. The average molecular weight is 203 g/mol. The predicted octanol–water partition coefficient (Wildman–Crippen LogP) is -0.425. The van der Waals surface area contributed by atoms with Crippen LogP contribution in [0.3, 0.4) is 0 Å². The van der Waals surface area contributed by atoms with Gasteiger partial charge in [-0.25, -0.2) is 0 Å². The molecule has 3 N–H and O–H groups in total. The zero-order chi connectivity index (χ0) is 10.6. The van der Waals surface area contributed by atoms with Gasteiger partial charge in [0.15, 0.2) is 0 Å². The molecule has 0 aromatic heterocycles. The first-order chi connectivity index (χ1) is 6.65. The number of nitrogens with zero attached hydrogens (tertiary/aromatic N) is 1. The Morgan fingerprint density at radius 3 is 2.29 bits per heavy atom. The first-order valence-electron chi connectivity index (χ1n) is 5.32. The van der Waals surface area contributed by atoms with Crippen molar-refractivity contribution in [3.8, 4) is 0 Å². The van der Waals surface area contributed by atoms with Crippen LogP contribution in [0.1, 0.15) is 25.7 Å². The predicted molar refractivity (Wildman–Crippen MR) is 54.0 cm³/mol. The third-order valence-electron chi connectivity index (χ3n) is 3.05. The van der Waals surface area contributed by atoms with E-state index in [4.69, 9.17) is 5.11 Å². The molecule has 0 saturated heterocycles. The number of rotatable bonds is 5. The molecule has 2 unspecified atom stereocenters. The Morgan fingerprint density at radius 2 is 1.79 bits per heavy atom. The highest BCUT2D eigenvalue weighted by atomic mass is 16.4. The van der Waals surface area contributed by atoms with Gasteiger partial charge in [0, 0.05) is 12.6 Å². The van der Waals surface area contributed by atoms with E-state index in [0.29, 0.717) is 12.6 Å². The van der Waals surface area contributed by atoms with Gasteiger partial charge in [0.25, 0.3) is 0 Å². The maximum Gasteiger partial charge on any atom is 0.104 e. The van der Waals surface area contributed by atoms with E-state index in [0.717, 1.165) is 0 Å². The number of hydrogen-bond donors (Lipinski definition) is 3. The fourth-order valence-electron chi connectivity index (χ4n) is 2.03. The third kappa shape index (κ3) is 3.20. The number of hydrogen-bond acceptors (Lipinski definition) is 4. The zero-order valence-corrected chi connectivity index (χ0v) is 8.76. The topological polar surface area (TPSA) is 63.9 Å². The first-order valence-corrected chi connectivity index (χ1v) is 5.32. The van der Waals surface area contributed by atoms with E-state index in [1.807, 2.05) is 7.05 Å². The minimum atomic E-state index is -1.01. The third-order valence-corrected chi connectivity index (χ3v) is 3.05. The van der Waals surface area contributed by atoms with Crippen molar-refractivity contribution in [2.45, 2.75) is 43.9 Å². The maximum absolute atomic E-state index is 9.50. The molecule has 1 aliphatic rings. The molecule has 84 valence electrons. The van der Waals surface area contributed by atoms with Crippen LogP contribution in [-0.4, -0.2) is 58.7 Å². The highest BCUT2D eigenvalue weighted by molar-refractivity contribution is 4.78. The quantitative estimate of drug-likeness (QED) is 0.567. The Labute approximate surface area is 85.2 Å². The van der Waals surface area contributed by atoms with Gasteiger partial charge in [0.1, 0.15) is 6.10 Å². The van der Waals surface area contributed by atoms with Gasteiger partial charge in [-0.3, -0.25) is 0 Å². The van der Waals surface area contributed by atoms with Crippen molar-refractivity contribution in [3.63, 3.8) is 0 Å². The van der Waals surface area contributed by atoms with Crippen molar-refractivity contribution in [1.82, 2.24) is 4.90 Å². The minimum absolute atomic E-state index is 0.375. The van der Waals surface area contributed by atoms with Crippen molar-refractivity contribution in [3.05, 3.63) is 0 Å². The Morgan fingerprint density at radius 1 is 1.21 bits per heavy atom. The summed E-state index contributed by atoms with van der Waals surface area (Å²) in [6, 6.07) is 0.538. The van der Waals surface area contributed by atoms with E-state index < -0.39 is 12.2 Å². The van der Waals surface area contributed by atoms with E-state index in [-0.39, 0.29) is 6.61 Å². The standard InChI is InChI=1S/C10H21NO3/c1-11(8-4-2-3-5-8)6-9(13)10(14)7-12/h8-10,12-14H,2-7H2,1H3. The largest absolute Gasteiger partial charge is 0.394 e. The Balaban J connectivity index is 2.27. The Bertz CT molecular complexity index is 159. The maximum atomic E-state index is 9.50. The van der Waals surface area contributed by atoms with Gasteiger partial charge in [-0.05, 0) is 19.9 Å². The summed E-state index contributed by atoms with van der Waals surface area (Å²) in [5.74, 6) is 0. The van der Waals surface area contributed by atoms with Gasteiger partial charge in [0.2, 0.25) is 0 Å². The second kappa shape index (κ2) is 5.66. The molecule has 0 radical (unpaired) electrons. The van der Waals surface area contributed by atoms with Crippen molar-refractivity contribution in [1.29, 1.82) is 0 Å². The van der Waals surface area contributed by atoms with Gasteiger partial charge < -0.3 is 20.2 Å². The lowest BCUT2D eigenvalue weighted by Gasteiger charge is -2.27. The van der Waals surface area contributed by atoms with Gasteiger partial charge in [0.05, 0.1) is 12.7 Å². The summed E-state index contributed by atoms with van der Waals surface area (Å²) in [5.41, 5.74) is 0. The lowest BCUT2D eigenvalue weighted by molar-refractivity contribution is -0.0308. The first kappa shape index (κ1) is 11.9. The van der Waals surface area contributed by atoms with Crippen LogP contribution < -0.4 is 0 Å². The molecule has 0 heterocycles. The van der Waals surface area contributed by atoms with Crippen LogP contribution in [0.15, 0.2) is 0 Å². The van der Waals surface area contributed by atoms with E-state index in [1.54, 1.807) is 0 Å². The SMILES string of the molecule is CN(CC(O)C(O)CO)C1CCCC1. The van der Waals surface area contributed by atoms with E-state index in [2.05, 4.69) is 4.90 Å². The smallest absolute Gasteiger partial charge is 0.104 e. The second-order valence-corrected chi connectivity index (χ2v) is 4.20. The lowest BCUT2D eigenvalue weighted by Crippen LogP contribution is -2.42. The number of aliphatic hydroxyl groups is 3. The van der Waals surface area contributed by atoms with Gasteiger partial charge in [-0.15, -0.1) is 0 Å². The molecule has 2 atom stereocenters. The summed E-state index contributed by atoms with van der Waals surface area (Å²) in [4.78, 5) is 2.08. The molecule has 1 rings (SSSR count).